The number of hydrogen-bond acceptors (Lipinski definition) is 5. The number of aromatic nitrogens is 2. The van der Waals surface area contributed by atoms with Crippen molar-refractivity contribution < 1.29 is 22.7 Å². The van der Waals surface area contributed by atoms with E-state index in [4.69, 9.17) is 16.3 Å². The van der Waals surface area contributed by atoms with Crippen LogP contribution in [0.3, 0.4) is 0 Å². The molecule has 0 atom stereocenters. The molecular weight excluding hydrogens is 513 g/mol. The minimum absolute atomic E-state index is 0.0190. The zero-order valence-electron chi connectivity index (χ0n) is 20.2. The van der Waals surface area contributed by atoms with Crippen molar-refractivity contribution in [1.29, 1.82) is 0 Å². The van der Waals surface area contributed by atoms with Crippen LogP contribution in [-0.2, 0) is 19.6 Å². The normalized spacial score (nSPS) is 20.5. The number of benzene rings is 1. The van der Waals surface area contributed by atoms with Crippen molar-refractivity contribution in [3.63, 3.8) is 0 Å². The highest BCUT2D eigenvalue weighted by atomic mass is 35.5. The molecule has 0 unspecified atom stereocenters. The van der Waals surface area contributed by atoms with E-state index >= 15 is 0 Å². The molecule has 2 aromatic heterocycles. The number of carbonyl (C=O) groups is 1. The molecule has 6 nitrogen and oxygen atoms in total. The summed E-state index contributed by atoms with van der Waals surface area (Å²) in [5.74, 6) is 0. The molecule has 0 bridgehead atoms. The molecule has 1 N–H and O–H groups in total. The van der Waals surface area contributed by atoms with Gasteiger partial charge in [0.05, 0.1) is 4.88 Å². The van der Waals surface area contributed by atoms with E-state index in [0.717, 1.165) is 59.2 Å². The number of hydrogen-bond donors (Lipinski definition) is 1. The molecule has 36 heavy (non-hydrogen) atoms. The number of amides is 1. The Kier molecular flexibility index (Phi) is 7.68. The topological polar surface area (TPSA) is 59.4 Å². The minimum Gasteiger partial charge on any atom is -0.399 e. The van der Waals surface area contributed by atoms with E-state index in [2.05, 4.69) is 35.5 Å². The molecule has 1 aromatic carbocycles. The summed E-state index contributed by atoms with van der Waals surface area (Å²) < 4.78 is 45.4. The van der Waals surface area contributed by atoms with Crippen LogP contribution in [-0.4, -0.2) is 46.4 Å². The van der Waals surface area contributed by atoms with Gasteiger partial charge < -0.3 is 15.0 Å². The van der Waals surface area contributed by atoms with E-state index < -0.39 is 18.0 Å². The number of rotatable bonds is 6. The monoisotopic (exact) mass is 540 g/mol. The van der Waals surface area contributed by atoms with Gasteiger partial charge in [-0.25, -0.2) is 4.79 Å². The summed E-state index contributed by atoms with van der Waals surface area (Å²) in [5, 5.41) is 7.89. The van der Waals surface area contributed by atoms with Crippen molar-refractivity contribution in [1.82, 2.24) is 20.0 Å². The van der Waals surface area contributed by atoms with Crippen LogP contribution in [0.4, 0.5) is 18.0 Å². The summed E-state index contributed by atoms with van der Waals surface area (Å²) in [6.45, 7) is 0. The lowest BCUT2D eigenvalue weighted by atomic mass is 9.75. The largest absolute Gasteiger partial charge is 0.433 e. The predicted molar refractivity (Wildman–Crippen MR) is 135 cm³/mol. The number of halogens is 4. The third kappa shape index (κ3) is 6.04. The molecule has 1 amide bonds. The van der Waals surface area contributed by atoms with Gasteiger partial charge in [-0.2, -0.15) is 18.3 Å². The van der Waals surface area contributed by atoms with Crippen molar-refractivity contribution in [2.24, 2.45) is 7.05 Å². The van der Waals surface area contributed by atoms with Gasteiger partial charge in [-0.15, -0.1) is 0 Å². The van der Waals surface area contributed by atoms with E-state index in [1.807, 2.05) is 18.2 Å². The first-order chi connectivity index (χ1) is 16.9. The molecular formula is C25H28ClF3N4O2S. The number of nitrogens with zero attached hydrogens (tertiary/aromatic N) is 3. The molecule has 11 heteroatoms. The first kappa shape index (κ1) is 26.5. The van der Waals surface area contributed by atoms with E-state index in [1.54, 1.807) is 12.1 Å². The van der Waals surface area contributed by atoms with Crippen molar-refractivity contribution in [2.45, 2.75) is 49.9 Å². The smallest absolute Gasteiger partial charge is 0.399 e. The van der Waals surface area contributed by atoms with Gasteiger partial charge in [-0.05, 0) is 82.1 Å². The van der Waals surface area contributed by atoms with Gasteiger partial charge in [0.25, 0.3) is 0 Å². The molecule has 0 spiro atoms. The maximum absolute atomic E-state index is 13.1. The van der Waals surface area contributed by atoms with E-state index in [-0.39, 0.29) is 17.3 Å². The molecule has 1 aliphatic carbocycles. The SMILES string of the molecule is CN(C)C1(Cc2cccc(Cl)c2)CCC(NC(=O)Oc2ccc(-c3cc(C(F)(F)F)n(C)n3)s2)CC1. The third-order valence-electron chi connectivity index (χ3n) is 6.81. The first-order valence-corrected chi connectivity index (χ1v) is 12.8. The molecule has 3 aromatic rings. The number of ether oxygens (including phenoxy) is 1. The summed E-state index contributed by atoms with van der Waals surface area (Å²) in [4.78, 5) is 15.3. The molecule has 1 fully saturated rings. The summed E-state index contributed by atoms with van der Waals surface area (Å²) in [6.07, 6.45) is -0.773. The molecule has 0 saturated heterocycles. The van der Waals surface area contributed by atoms with Crippen LogP contribution >= 0.6 is 22.9 Å². The average molecular weight is 541 g/mol. The number of likely N-dealkylation sites (N-methyl/N-ethyl adjacent to an activating group) is 1. The van der Waals surface area contributed by atoms with Crippen LogP contribution < -0.4 is 10.1 Å². The van der Waals surface area contributed by atoms with Gasteiger partial charge in [0.2, 0.25) is 0 Å². The minimum atomic E-state index is -4.49. The Hall–Kier alpha value is -2.56. The fraction of sp³-hybridized carbons (Fsp3) is 0.440. The molecule has 0 aliphatic heterocycles. The van der Waals surface area contributed by atoms with Gasteiger partial charge >= 0.3 is 12.3 Å². The Labute approximate surface area is 217 Å². The standard InChI is InChI=1S/C25H28ClF3N4O2S/c1-32(2)24(15-16-5-4-6-17(26)13-16)11-9-18(10-12-24)30-23(34)35-22-8-7-20(36-22)19-14-21(25(27,28)29)33(3)31-19/h4-8,13-14,18H,9-12,15H2,1-3H3,(H,30,34). The van der Waals surface area contributed by atoms with Crippen LogP contribution in [0.25, 0.3) is 10.6 Å². The third-order valence-corrected chi connectivity index (χ3v) is 8.03. The maximum Gasteiger partial charge on any atom is 0.433 e. The Morgan fingerprint density at radius 2 is 1.97 bits per heavy atom. The summed E-state index contributed by atoms with van der Waals surface area (Å²) >= 11 is 7.24. The molecule has 1 saturated carbocycles. The Balaban J connectivity index is 1.33. The van der Waals surface area contributed by atoms with Crippen molar-refractivity contribution >= 4 is 29.0 Å². The van der Waals surface area contributed by atoms with Crippen LogP contribution in [0.1, 0.15) is 36.9 Å². The van der Waals surface area contributed by atoms with Gasteiger partial charge in [-0.3, -0.25) is 4.68 Å². The van der Waals surface area contributed by atoms with Crippen LogP contribution in [0.2, 0.25) is 5.02 Å². The Bertz CT molecular complexity index is 1220. The van der Waals surface area contributed by atoms with Crippen molar-refractivity contribution in [2.75, 3.05) is 14.1 Å². The Morgan fingerprint density at radius 3 is 2.58 bits per heavy atom. The fourth-order valence-corrected chi connectivity index (χ4v) is 5.79. The summed E-state index contributed by atoms with van der Waals surface area (Å²) in [5.41, 5.74) is 0.503. The molecule has 1 aliphatic rings. The van der Waals surface area contributed by atoms with E-state index in [0.29, 0.717) is 9.94 Å². The second-order valence-corrected chi connectivity index (χ2v) is 10.9. The fourth-order valence-electron chi connectivity index (χ4n) is 4.76. The second kappa shape index (κ2) is 10.4. The highest BCUT2D eigenvalue weighted by Gasteiger charge is 2.38. The van der Waals surface area contributed by atoms with Crippen molar-refractivity contribution in [3.8, 4) is 15.6 Å². The summed E-state index contributed by atoms with van der Waals surface area (Å²) in [7, 11) is 5.41. The first-order valence-electron chi connectivity index (χ1n) is 11.6. The zero-order valence-corrected chi connectivity index (χ0v) is 21.8. The lowest BCUT2D eigenvalue weighted by Gasteiger charge is -2.45. The van der Waals surface area contributed by atoms with Crippen LogP contribution in [0, 0.1) is 0 Å². The highest BCUT2D eigenvalue weighted by molar-refractivity contribution is 7.17. The van der Waals surface area contributed by atoms with E-state index in [1.165, 1.54) is 12.6 Å². The molecule has 194 valence electrons. The van der Waals surface area contributed by atoms with Gasteiger partial charge in [0.1, 0.15) is 11.4 Å². The predicted octanol–water partition coefficient (Wildman–Crippen LogP) is 6.39. The van der Waals surface area contributed by atoms with Crippen LogP contribution in [0.15, 0.2) is 42.5 Å². The maximum atomic E-state index is 13.1. The van der Waals surface area contributed by atoms with Gasteiger partial charge in [0, 0.05) is 23.7 Å². The quantitative estimate of drug-likeness (QED) is 0.393. The highest BCUT2D eigenvalue weighted by Crippen LogP contribution is 2.38. The molecule has 2 heterocycles. The van der Waals surface area contributed by atoms with Gasteiger partial charge in [-0.1, -0.05) is 35.1 Å². The number of nitrogens with one attached hydrogen (secondary N) is 1. The van der Waals surface area contributed by atoms with E-state index in [9.17, 15) is 18.0 Å². The number of aryl methyl sites for hydroxylation is 1. The number of alkyl halides is 3. The van der Waals surface area contributed by atoms with Crippen LogP contribution in [0.5, 0.6) is 5.06 Å². The number of carbonyl (C=O) groups excluding carboxylic acids is 1. The molecule has 4 rings (SSSR count). The number of thiophene rings is 1. The van der Waals surface area contributed by atoms with Crippen molar-refractivity contribution in [3.05, 3.63) is 58.7 Å². The molecule has 0 radical (unpaired) electrons. The lowest BCUT2D eigenvalue weighted by Crippen LogP contribution is -2.52. The van der Waals surface area contributed by atoms with Gasteiger partial charge in [0.15, 0.2) is 5.06 Å². The lowest BCUT2D eigenvalue weighted by molar-refractivity contribution is -0.143. The second-order valence-electron chi connectivity index (χ2n) is 9.39. The average Bonchev–Trinajstić information content (AvgIpc) is 3.41. The zero-order chi connectivity index (χ0) is 26.1. The Morgan fingerprint density at radius 1 is 1.25 bits per heavy atom. The summed E-state index contributed by atoms with van der Waals surface area (Å²) in [6, 6.07) is 12.0.